The Morgan fingerprint density at radius 2 is 2.20 bits per heavy atom. The Bertz CT molecular complexity index is 661. The second-order valence-electron chi connectivity index (χ2n) is 4.85. The summed E-state index contributed by atoms with van der Waals surface area (Å²) < 4.78 is 6.85. The minimum absolute atomic E-state index is 0.172. The number of carboxylic acid groups (broad SMARTS) is 1. The predicted molar refractivity (Wildman–Crippen MR) is 73.9 cm³/mol. The van der Waals surface area contributed by atoms with Gasteiger partial charge in [0.1, 0.15) is 0 Å². The van der Waals surface area contributed by atoms with Crippen molar-refractivity contribution < 1.29 is 14.6 Å². The summed E-state index contributed by atoms with van der Waals surface area (Å²) in [4.78, 5) is 11.4. The van der Waals surface area contributed by atoms with E-state index in [2.05, 4.69) is 11.2 Å². The molecule has 0 saturated carbocycles. The molecule has 1 heterocycles. The van der Waals surface area contributed by atoms with Crippen molar-refractivity contribution >= 4 is 5.97 Å². The molecule has 0 radical (unpaired) electrons. The number of benzene rings is 1. The van der Waals surface area contributed by atoms with Crippen molar-refractivity contribution in [1.29, 1.82) is 0 Å². The van der Waals surface area contributed by atoms with Gasteiger partial charge in [-0.3, -0.25) is 4.68 Å². The number of fused-ring (bicyclic) bond motifs is 3. The van der Waals surface area contributed by atoms with Crippen LogP contribution in [-0.4, -0.2) is 34.6 Å². The van der Waals surface area contributed by atoms with Crippen LogP contribution in [0.5, 0.6) is 0 Å². The van der Waals surface area contributed by atoms with E-state index in [4.69, 9.17) is 4.74 Å². The fourth-order valence-corrected chi connectivity index (χ4v) is 2.78. The van der Waals surface area contributed by atoms with Gasteiger partial charge in [0.15, 0.2) is 5.69 Å². The predicted octanol–water partition coefficient (Wildman–Crippen LogP) is 1.99. The number of rotatable bonds is 4. The second kappa shape index (κ2) is 5.09. The van der Waals surface area contributed by atoms with E-state index < -0.39 is 5.97 Å². The van der Waals surface area contributed by atoms with Gasteiger partial charge in [0.2, 0.25) is 0 Å². The van der Waals surface area contributed by atoms with Crippen LogP contribution in [0.15, 0.2) is 24.3 Å². The highest BCUT2D eigenvalue weighted by Gasteiger charge is 2.27. The van der Waals surface area contributed by atoms with Gasteiger partial charge in [0.25, 0.3) is 0 Å². The van der Waals surface area contributed by atoms with Gasteiger partial charge in [-0.2, -0.15) is 5.10 Å². The Morgan fingerprint density at radius 3 is 2.95 bits per heavy atom. The molecule has 0 unspecified atom stereocenters. The summed E-state index contributed by atoms with van der Waals surface area (Å²) in [5.41, 5.74) is 4.28. The van der Waals surface area contributed by atoms with E-state index in [9.17, 15) is 9.90 Å². The maximum atomic E-state index is 11.4. The number of nitrogens with zero attached hydrogens (tertiary/aromatic N) is 2. The van der Waals surface area contributed by atoms with Crippen molar-refractivity contribution in [1.82, 2.24) is 9.78 Å². The average molecular weight is 272 g/mol. The molecule has 0 spiro atoms. The molecule has 0 aliphatic heterocycles. The van der Waals surface area contributed by atoms with Crippen molar-refractivity contribution in [3.8, 4) is 11.3 Å². The normalized spacial score (nSPS) is 12.8. The van der Waals surface area contributed by atoms with Crippen molar-refractivity contribution in [2.24, 2.45) is 0 Å². The maximum Gasteiger partial charge on any atom is 0.356 e. The molecule has 0 atom stereocenters. The van der Waals surface area contributed by atoms with E-state index in [0.29, 0.717) is 13.2 Å². The number of hydrogen-bond acceptors (Lipinski definition) is 3. The number of carboxylic acids is 1. The van der Waals surface area contributed by atoms with Gasteiger partial charge >= 0.3 is 5.97 Å². The van der Waals surface area contributed by atoms with Crippen molar-refractivity contribution in [3.05, 3.63) is 41.1 Å². The summed E-state index contributed by atoms with van der Waals surface area (Å²) in [5.74, 6) is -0.961. The smallest absolute Gasteiger partial charge is 0.356 e. The Labute approximate surface area is 116 Å². The molecule has 1 aliphatic carbocycles. The highest BCUT2D eigenvalue weighted by Crippen LogP contribution is 2.35. The zero-order valence-corrected chi connectivity index (χ0v) is 11.3. The van der Waals surface area contributed by atoms with E-state index >= 15 is 0 Å². The molecule has 0 amide bonds. The summed E-state index contributed by atoms with van der Waals surface area (Å²) in [5, 5.41) is 13.6. The van der Waals surface area contributed by atoms with Gasteiger partial charge in [0.05, 0.1) is 18.8 Å². The zero-order valence-electron chi connectivity index (χ0n) is 11.3. The third-order valence-electron chi connectivity index (χ3n) is 3.68. The zero-order chi connectivity index (χ0) is 14.1. The molecule has 20 heavy (non-hydrogen) atoms. The number of hydrogen-bond donors (Lipinski definition) is 1. The van der Waals surface area contributed by atoms with Crippen LogP contribution in [0.25, 0.3) is 11.3 Å². The summed E-state index contributed by atoms with van der Waals surface area (Å²) in [6, 6.07) is 8.11. The van der Waals surface area contributed by atoms with Crippen LogP contribution in [0.1, 0.15) is 21.6 Å². The second-order valence-corrected chi connectivity index (χ2v) is 4.85. The summed E-state index contributed by atoms with van der Waals surface area (Å²) in [6.07, 6.45) is 1.58. The molecule has 5 nitrogen and oxygen atoms in total. The van der Waals surface area contributed by atoms with E-state index in [1.54, 1.807) is 11.8 Å². The molecule has 1 aliphatic rings. The molecule has 0 bridgehead atoms. The SMILES string of the molecule is COCCn1nc(C(=O)O)c2c1-c1ccccc1CC2. The Hall–Kier alpha value is -2.14. The molecule has 1 aromatic carbocycles. The van der Waals surface area contributed by atoms with Crippen LogP contribution in [0, 0.1) is 0 Å². The maximum absolute atomic E-state index is 11.4. The van der Waals surface area contributed by atoms with Crippen LogP contribution < -0.4 is 0 Å². The van der Waals surface area contributed by atoms with Crippen molar-refractivity contribution in [3.63, 3.8) is 0 Å². The van der Waals surface area contributed by atoms with Gasteiger partial charge in [-0.25, -0.2) is 4.79 Å². The van der Waals surface area contributed by atoms with Crippen LogP contribution in [0.3, 0.4) is 0 Å². The number of aromatic carboxylic acids is 1. The third-order valence-corrected chi connectivity index (χ3v) is 3.68. The monoisotopic (exact) mass is 272 g/mol. The first kappa shape index (κ1) is 12.9. The Balaban J connectivity index is 2.17. The molecule has 5 heteroatoms. The molecule has 1 N–H and O–H groups in total. The van der Waals surface area contributed by atoms with E-state index in [-0.39, 0.29) is 5.69 Å². The number of aromatic nitrogens is 2. The van der Waals surface area contributed by atoms with E-state index in [1.807, 2.05) is 18.2 Å². The largest absolute Gasteiger partial charge is 0.476 e. The lowest BCUT2D eigenvalue weighted by molar-refractivity contribution is 0.0687. The number of ether oxygens (including phenoxy) is 1. The summed E-state index contributed by atoms with van der Waals surface area (Å²) in [7, 11) is 1.63. The van der Waals surface area contributed by atoms with Gasteiger partial charge < -0.3 is 9.84 Å². The van der Waals surface area contributed by atoms with Crippen LogP contribution in [-0.2, 0) is 24.1 Å². The third kappa shape index (κ3) is 2.00. The van der Waals surface area contributed by atoms with E-state index in [0.717, 1.165) is 29.7 Å². The van der Waals surface area contributed by atoms with Crippen molar-refractivity contribution in [2.75, 3.05) is 13.7 Å². The fourth-order valence-electron chi connectivity index (χ4n) is 2.78. The summed E-state index contributed by atoms with van der Waals surface area (Å²) >= 11 is 0. The van der Waals surface area contributed by atoms with Gasteiger partial charge in [-0.05, 0) is 18.4 Å². The molecular formula is C15H16N2O3. The molecule has 104 valence electrons. The lowest BCUT2D eigenvalue weighted by Gasteiger charge is -2.18. The highest BCUT2D eigenvalue weighted by molar-refractivity contribution is 5.90. The standard InChI is InChI=1S/C15H16N2O3/c1-20-9-8-17-14-11-5-3-2-4-10(11)6-7-12(14)13(16-17)15(18)19/h2-5H,6-9H2,1H3,(H,18,19). The molecule has 2 aromatic rings. The van der Waals surface area contributed by atoms with Crippen LogP contribution >= 0.6 is 0 Å². The van der Waals surface area contributed by atoms with E-state index in [1.165, 1.54) is 5.56 Å². The average Bonchev–Trinajstić information content (AvgIpc) is 2.84. The van der Waals surface area contributed by atoms with Crippen LogP contribution in [0.2, 0.25) is 0 Å². The van der Waals surface area contributed by atoms with Gasteiger partial charge in [-0.1, -0.05) is 24.3 Å². The number of methoxy groups -OCH3 is 1. The van der Waals surface area contributed by atoms with Gasteiger partial charge in [0, 0.05) is 18.2 Å². The molecule has 3 rings (SSSR count). The first-order valence-electron chi connectivity index (χ1n) is 6.62. The molecule has 1 aromatic heterocycles. The molecule has 0 saturated heterocycles. The Morgan fingerprint density at radius 1 is 1.40 bits per heavy atom. The minimum atomic E-state index is -0.961. The Kier molecular flexibility index (Phi) is 3.28. The molecular weight excluding hydrogens is 256 g/mol. The van der Waals surface area contributed by atoms with Crippen LogP contribution in [0.4, 0.5) is 0 Å². The topological polar surface area (TPSA) is 64.4 Å². The first-order valence-corrected chi connectivity index (χ1v) is 6.62. The number of aryl methyl sites for hydroxylation is 1. The molecule has 0 fully saturated rings. The lowest BCUT2D eigenvalue weighted by atomic mass is 9.89. The highest BCUT2D eigenvalue weighted by atomic mass is 16.5. The first-order chi connectivity index (χ1) is 9.72. The quantitative estimate of drug-likeness (QED) is 0.924. The lowest BCUT2D eigenvalue weighted by Crippen LogP contribution is -2.11. The fraction of sp³-hybridized carbons (Fsp3) is 0.333. The number of carbonyl (C=O) groups is 1. The summed E-state index contributed by atoms with van der Waals surface area (Å²) in [6.45, 7) is 1.07. The minimum Gasteiger partial charge on any atom is -0.476 e. The van der Waals surface area contributed by atoms with Crippen molar-refractivity contribution in [2.45, 2.75) is 19.4 Å². The van der Waals surface area contributed by atoms with Gasteiger partial charge in [-0.15, -0.1) is 0 Å².